The summed E-state index contributed by atoms with van der Waals surface area (Å²) in [7, 11) is -3.02. The van der Waals surface area contributed by atoms with E-state index in [-0.39, 0.29) is 29.7 Å². The summed E-state index contributed by atoms with van der Waals surface area (Å²) in [5.41, 5.74) is 0. The van der Waals surface area contributed by atoms with E-state index >= 15 is 0 Å². The first-order valence-corrected chi connectivity index (χ1v) is 11.3. The molecule has 6 nitrogen and oxygen atoms in total. The van der Waals surface area contributed by atoms with Crippen molar-refractivity contribution in [2.75, 3.05) is 51.6 Å². The van der Waals surface area contributed by atoms with Crippen LogP contribution in [0.2, 0.25) is 0 Å². The minimum atomic E-state index is -3.02. The molecule has 154 valence electrons. The van der Waals surface area contributed by atoms with E-state index in [4.69, 9.17) is 4.99 Å². The Kier molecular flexibility index (Phi) is 9.13. The fourth-order valence-electron chi connectivity index (χ4n) is 4.02. The topological polar surface area (TPSA) is 65.0 Å². The first-order valence-electron chi connectivity index (χ1n) is 9.62. The highest BCUT2D eigenvalue weighted by molar-refractivity contribution is 14.0. The number of hydrogen-bond acceptors (Lipinski definition) is 4. The van der Waals surface area contributed by atoms with Crippen molar-refractivity contribution in [3.8, 4) is 0 Å². The molecule has 0 aromatic carbocycles. The highest BCUT2D eigenvalue weighted by atomic mass is 127. The van der Waals surface area contributed by atoms with Crippen molar-refractivity contribution >= 4 is 39.8 Å². The lowest BCUT2D eigenvalue weighted by atomic mass is 9.92. The van der Waals surface area contributed by atoms with E-state index < -0.39 is 14.6 Å². The summed E-state index contributed by atoms with van der Waals surface area (Å²) in [6.07, 6.45) is 1.32. The van der Waals surface area contributed by atoms with Gasteiger partial charge >= 0.3 is 0 Å². The van der Waals surface area contributed by atoms with Crippen LogP contribution >= 0.6 is 24.0 Å². The Hall–Kier alpha value is -0.0900. The average molecular weight is 500 g/mol. The number of nitrogens with zero attached hydrogens (tertiary/aromatic N) is 3. The Morgan fingerprint density at radius 2 is 1.85 bits per heavy atom. The van der Waals surface area contributed by atoms with E-state index in [9.17, 15) is 8.42 Å². The molecule has 1 N–H and O–H groups in total. The molecular formula is C18H37IN4O2S. The number of likely N-dealkylation sites (tertiary alicyclic amines) is 1. The van der Waals surface area contributed by atoms with Crippen LogP contribution in [0.15, 0.2) is 4.99 Å². The molecule has 8 heteroatoms. The summed E-state index contributed by atoms with van der Waals surface area (Å²) in [5.74, 6) is 2.57. The molecule has 0 aromatic rings. The molecule has 2 rings (SSSR count). The highest BCUT2D eigenvalue weighted by Crippen LogP contribution is 2.24. The average Bonchev–Trinajstić information content (AvgIpc) is 2.48. The van der Waals surface area contributed by atoms with Crippen LogP contribution in [-0.2, 0) is 9.84 Å². The standard InChI is InChI=1S/C18H36N4O2S.HI/c1-6-19-17(22-9-10-25(23,24)18(4,5)14-22)20-7-8-21-12-15(2)11-16(3)13-21;/h15-16H,6-14H2,1-5H3,(H,19,20);1H. The summed E-state index contributed by atoms with van der Waals surface area (Å²) in [6.45, 7) is 16.2. The van der Waals surface area contributed by atoms with E-state index in [2.05, 4.69) is 35.9 Å². The lowest BCUT2D eigenvalue weighted by Crippen LogP contribution is -2.57. The zero-order chi connectivity index (χ0) is 18.7. The van der Waals surface area contributed by atoms with E-state index in [0.717, 1.165) is 50.5 Å². The monoisotopic (exact) mass is 500 g/mol. The molecular weight excluding hydrogens is 463 g/mol. The number of sulfone groups is 1. The quantitative estimate of drug-likeness (QED) is 0.364. The van der Waals surface area contributed by atoms with Gasteiger partial charge in [-0.2, -0.15) is 0 Å². The Balaban J connectivity index is 0.00000338. The summed E-state index contributed by atoms with van der Waals surface area (Å²) in [6, 6.07) is 0. The number of guanidine groups is 1. The van der Waals surface area contributed by atoms with Gasteiger partial charge in [-0.15, -0.1) is 24.0 Å². The maximum Gasteiger partial charge on any atom is 0.194 e. The van der Waals surface area contributed by atoms with Gasteiger partial charge in [-0.1, -0.05) is 13.8 Å². The van der Waals surface area contributed by atoms with Crippen LogP contribution in [0.3, 0.4) is 0 Å². The molecule has 0 aliphatic carbocycles. The third kappa shape index (κ3) is 6.22. The summed E-state index contributed by atoms with van der Waals surface area (Å²) in [5, 5.41) is 3.34. The van der Waals surface area contributed by atoms with Gasteiger partial charge in [0.1, 0.15) is 0 Å². The SMILES string of the molecule is CCNC(=NCCN1CC(C)CC(C)C1)N1CCS(=O)(=O)C(C)(C)C1.I. The van der Waals surface area contributed by atoms with E-state index in [1.807, 2.05) is 13.8 Å². The number of halogens is 1. The Morgan fingerprint density at radius 3 is 2.38 bits per heavy atom. The molecule has 2 aliphatic rings. The third-order valence-electron chi connectivity index (χ3n) is 5.30. The molecule has 0 bridgehead atoms. The van der Waals surface area contributed by atoms with Gasteiger partial charge in [0, 0.05) is 39.3 Å². The Bertz CT molecular complexity index is 570. The van der Waals surface area contributed by atoms with Crippen molar-refractivity contribution in [3.05, 3.63) is 0 Å². The van der Waals surface area contributed by atoms with Crippen molar-refractivity contribution in [2.24, 2.45) is 16.8 Å². The second kappa shape index (κ2) is 9.91. The largest absolute Gasteiger partial charge is 0.357 e. The summed E-state index contributed by atoms with van der Waals surface area (Å²) < 4.78 is 23.7. The third-order valence-corrected chi connectivity index (χ3v) is 7.83. The maximum atomic E-state index is 12.2. The lowest BCUT2D eigenvalue weighted by molar-refractivity contribution is 0.145. The minimum absolute atomic E-state index is 0. The van der Waals surface area contributed by atoms with E-state index in [1.54, 1.807) is 0 Å². The van der Waals surface area contributed by atoms with Crippen LogP contribution in [0.4, 0.5) is 0 Å². The predicted molar refractivity (Wildman–Crippen MR) is 120 cm³/mol. The molecule has 0 aromatic heterocycles. The fraction of sp³-hybridized carbons (Fsp3) is 0.944. The van der Waals surface area contributed by atoms with Gasteiger partial charge in [-0.3, -0.25) is 4.99 Å². The predicted octanol–water partition coefficient (Wildman–Crippen LogP) is 2.06. The van der Waals surface area contributed by atoms with Crippen molar-refractivity contribution in [1.82, 2.24) is 15.1 Å². The first-order chi connectivity index (χ1) is 11.6. The van der Waals surface area contributed by atoms with Crippen LogP contribution in [0.5, 0.6) is 0 Å². The Labute approximate surface area is 177 Å². The van der Waals surface area contributed by atoms with Crippen molar-refractivity contribution in [1.29, 1.82) is 0 Å². The van der Waals surface area contributed by atoms with Gasteiger partial charge in [-0.25, -0.2) is 8.42 Å². The molecule has 0 saturated carbocycles. The summed E-state index contributed by atoms with van der Waals surface area (Å²) >= 11 is 0. The number of aliphatic imine (C=N–C) groups is 1. The second-order valence-electron chi connectivity index (χ2n) is 8.44. The molecule has 0 radical (unpaired) electrons. The fourth-order valence-corrected chi connectivity index (χ4v) is 5.39. The Morgan fingerprint density at radius 1 is 1.23 bits per heavy atom. The molecule has 2 saturated heterocycles. The zero-order valence-electron chi connectivity index (χ0n) is 17.0. The molecule has 2 aliphatic heterocycles. The van der Waals surface area contributed by atoms with Gasteiger partial charge in [0.15, 0.2) is 15.8 Å². The zero-order valence-corrected chi connectivity index (χ0v) is 20.1. The first kappa shape index (κ1) is 23.9. The van der Waals surface area contributed by atoms with Crippen LogP contribution < -0.4 is 5.32 Å². The van der Waals surface area contributed by atoms with Crippen LogP contribution in [-0.4, -0.2) is 80.5 Å². The van der Waals surface area contributed by atoms with Crippen molar-refractivity contribution in [3.63, 3.8) is 0 Å². The van der Waals surface area contributed by atoms with Crippen LogP contribution in [0.25, 0.3) is 0 Å². The van der Waals surface area contributed by atoms with Crippen LogP contribution in [0.1, 0.15) is 41.0 Å². The molecule has 2 heterocycles. The molecule has 0 spiro atoms. The molecule has 26 heavy (non-hydrogen) atoms. The number of piperidine rings is 1. The van der Waals surface area contributed by atoms with Gasteiger partial charge in [0.05, 0.1) is 17.0 Å². The number of nitrogens with one attached hydrogen (secondary N) is 1. The second-order valence-corrected chi connectivity index (χ2v) is 11.2. The van der Waals surface area contributed by atoms with Gasteiger partial charge in [0.25, 0.3) is 0 Å². The smallest absolute Gasteiger partial charge is 0.194 e. The number of hydrogen-bond donors (Lipinski definition) is 1. The van der Waals surface area contributed by atoms with Gasteiger partial charge < -0.3 is 15.1 Å². The lowest BCUT2D eigenvalue weighted by Gasteiger charge is -2.39. The number of rotatable bonds is 4. The normalized spacial score (nSPS) is 29.1. The molecule has 0 amide bonds. The van der Waals surface area contributed by atoms with E-state index in [1.165, 1.54) is 6.42 Å². The molecule has 2 fully saturated rings. The van der Waals surface area contributed by atoms with Gasteiger partial charge in [-0.05, 0) is 39.0 Å². The van der Waals surface area contributed by atoms with Crippen molar-refractivity contribution < 1.29 is 8.42 Å². The van der Waals surface area contributed by atoms with Crippen LogP contribution in [0, 0.1) is 11.8 Å². The molecule has 2 atom stereocenters. The minimum Gasteiger partial charge on any atom is -0.357 e. The molecule has 2 unspecified atom stereocenters. The maximum absolute atomic E-state index is 12.2. The highest BCUT2D eigenvalue weighted by Gasteiger charge is 2.40. The van der Waals surface area contributed by atoms with Crippen molar-refractivity contribution in [2.45, 2.75) is 45.8 Å². The summed E-state index contributed by atoms with van der Waals surface area (Å²) in [4.78, 5) is 9.40. The van der Waals surface area contributed by atoms with E-state index in [0.29, 0.717) is 13.1 Å². The van der Waals surface area contributed by atoms with Gasteiger partial charge in [0.2, 0.25) is 0 Å².